The fourth-order valence-electron chi connectivity index (χ4n) is 3.14. The van der Waals surface area contributed by atoms with Gasteiger partial charge in [-0.3, -0.25) is 14.4 Å². The first kappa shape index (κ1) is 17.0. The highest BCUT2D eigenvalue weighted by atomic mass is 16.2. The second kappa shape index (κ2) is 7.77. The lowest BCUT2D eigenvalue weighted by Crippen LogP contribution is -2.49. The third-order valence-electron chi connectivity index (χ3n) is 4.78. The van der Waals surface area contributed by atoms with Crippen LogP contribution in [0, 0.1) is 12.8 Å². The van der Waals surface area contributed by atoms with E-state index in [4.69, 9.17) is 0 Å². The molecule has 0 spiro atoms. The Morgan fingerprint density at radius 1 is 1.18 bits per heavy atom. The van der Waals surface area contributed by atoms with Crippen LogP contribution in [-0.4, -0.2) is 51.7 Å². The number of carbonyl (C=O) groups is 1. The van der Waals surface area contributed by atoms with Crippen LogP contribution in [0.15, 0.2) is 6.20 Å². The molecule has 1 aromatic heterocycles. The molecule has 5 nitrogen and oxygen atoms in total. The molecule has 0 radical (unpaired) electrons. The Morgan fingerprint density at radius 3 is 2.32 bits per heavy atom. The molecule has 1 amide bonds. The summed E-state index contributed by atoms with van der Waals surface area (Å²) in [5, 5.41) is 4.51. The van der Waals surface area contributed by atoms with Gasteiger partial charge in [0.15, 0.2) is 0 Å². The molecule has 1 aliphatic heterocycles. The SMILES string of the molecule is CCC(CC)C(=O)N1CCN(Cc2cn(CC)nc2C)CC1. The van der Waals surface area contributed by atoms with Crippen LogP contribution in [0.1, 0.15) is 44.9 Å². The van der Waals surface area contributed by atoms with Crippen LogP contribution < -0.4 is 0 Å². The van der Waals surface area contributed by atoms with E-state index in [1.54, 1.807) is 0 Å². The summed E-state index contributed by atoms with van der Waals surface area (Å²) in [5.41, 5.74) is 2.43. The van der Waals surface area contributed by atoms with Crippen molar-refractivity contribution in [3.8, 4) is 0 Å². The molecule has 1 saturated heterocycles. The van der Waals surface area contributed by atoms with E-state index in [-0.39, 0.29) is 5.92 Å². The summed E-state index contributed by atoms with van der Waals surface area (Å²) in [6.07, 6.45) is 4.05. The lowest BCUT2D eigenvalue weighted by Gasteiger charge is -2.36. The summed E-state index contributed by atoms with van der Waals surface area (Å²) in [6.45, 7) is 13.9. The monoisotopic (exact) mass is 306 g/mol. The Hall–Kier alpha value is -1.36. The fourth-order valence-corrected chi connectivity index (χ4v) is 3.14. The third-order valence-corrected chi connectivity index (χ3v) is 4.78. The molecule has 0 bridgehead atoms. The molecule has 0 saturated carbocycles. The molecule has 1 aliphatic rings. The largest absolute Gasteiger partial charge is 0.340 e. The second-order valence-corrected chi connectivity index (χ2v) is 6.21. The smallest absolute Gasteiger partial charge is 0.225 e. The maximum atomic E-state index is 12.4. The van der Waals surface area contributed by atoms with E-state index in [2.05, 4.69) is 48.8 Å². The van der Waals surface area contributed by atoms with Gasteiger partial charge in [0.1, 0.15) is 0 Å². The van der Waals surface area contributed by atoms with Gasteiger partial charge < -0.3 is 4.90 Å². The molecule has 2 rings (SSSR count). The van der Waals surface area contributed by atoms with Crippen molar-refractivity contribution in [1.82, 2.24) is 19.6 Å². The van der Waals surface area contributed by atoms with Crippen molar-refractivity contribution in [3.05, 3.63) is 17.5 Å². The Kier molecular flexibility index (Phi) is 6.00. The van der Waals surface area contributed by atoms with E-state index >= 15 is 0 Å². The molecule has 0 N–H and O–H groups in total. The average Bonchev–Trinajstić information content (AvgIpc) is 2.89. The van der Waals surface area contributed by atoms with E-state index in [9.17, 15) is 4.79 Å². The maximum absolute atomic E-state index is 12.4. The third kappa shape index (κ3) is 3.88. The highest BCUT2D eigenvalue weighted by molar-refractivity contribution is 5.78. The van der Waals surface area contributed by atoms with Gasteiger partial charge in [-0.2, -0.15) is 5.10 Å². The van der Waals surface area contributed by atoms with Gasteiger partial charge >= 0.3 is 0 Å². The summed E-state index contributed by atoms with van der Waals surface area (Å²) in [7, 11) is 0. The number of amides is 1. The number of hydrogen-bond donors (Lipinski definition) is 0. The van der Waals surface area contributed by atoms with Gasteiger partial charge in [-0.05, 0) is 26.7 Å². The summed E-state index contributed by atoms with van der Waals surface area (Å²) < 4.78 is 2.00. The number of carbonyl (C=O) groups excluding carboxylic acids is 1. The zero-order valence-electron chi connectivity index (χ0n) is 14.5. The van der Waals surface area contributed by atoms with Gasteiger partial charge in [0.2, 0.25) is 5.91 Å². The minimum absolute atomic E-state index is 0.205. The van der Waals surface area contributed by atoms with Crippen molar-refractivity contribution in [2.75, 3.05) is 26.2 Å². The molecule has 1 aromatic rings. The van der Waals surface area contributed by atoms with Crippen LogP contribution in [0.3, 0.4) is 0 Å². The molecule has 5 heteroatoms. The van der Waals surface area contributed by atoms with Gasteiger partial charge in [0.25, 0.3) is 0 Å². The van der Waals surface area contributed by atoms with Crippen molar-refractivity contribution in [2.45, 2.75) is 53.6 Å². The molecular weight excluding hydrogens is 276 g/mol. The number of aromatic nitrogens is 2. The van der Waals surface area contributed by atoms with Gasteiger partial charge in [-0.1, -0.05) is 13.8 Å². The minimum atomic E-state index is 0.205. The van der Waals surface area contributed by atoms with E-state index in [1.807, 2.05) is 4.68 Å². The lowest BCUT2D eigenvalue weighted by molar-refractivity contribution is -0.137. The van der Waals surface area contributed by atoms with Crippen LogP contribution in [-0.2, 0) is 17.9 Å². The van der Waals surface area contributed by atoms with E-state index in [0.29, 0.717) is 5.91 Å². The highest BCUT2D eigenvalue weighted by Gasteiger charge is 2.25. The molecule has 0 aliphatic carbocycles. The standard InChI is InChI=1S/C17H30N4O/c1-5-15(6-2)17(22)20-10-8-19(9-11-20)12-16-13-21(7-3)18-14(16)4/h13,15H,5-12H2,1-4H3. The number of nitrogens with zero attached hydrogens (tertiary/aromatic N) is 4. The maximum Gasteiger partial charge on any atom is 0.225 e. The first-order valence-corrected chi connectivity index (χ1v) is 8.63. The van der Waals surface area contributed by atoms with Crippen LogP contribution in [0.5, 0.6) is 0 Å². The Balaban J connectivity index is 1.86. The first-order chi connectivity index (χ1) is 10.6. The van der Waals surface area contributed by atoms with Crippen molar-refractivity contribution in [3.63, 3.8) is 0 Å². The molecule has 124 valence electrons. The predicted molar refractivity (Wildman–Crippen MR) is 88.6 cm³/mol. The van der Waals surface area contributed by atoms with E-state index in [0.717, 1.165) is 57.8 Å². The summed E-state index contributed by atoms with van der Waals surface area (Å²) >= 11 is 0. The zero-order valence-corrected chi connectivity index (χ0v) is 14.5. The summed E-state index contributed by atoms with van der Waals surface area (Å²) in [5.74, 6) is 0.552. The molecule has 0 atom stereocenters. The van der Waals surface area contributed by atoms with Crippen LogP contribution in [0.25, 0.3) is 0 Å². The molecule has 22 heavy (non-hydrogen) atoms. The average molecular weight is 306 g/mol. The topological polar surface area (TPSA) is 41.4 Å². The van der Waals surface area contributed by atoms with Crippen molar-refractivity contribution in [1.29, 1.82) is 0 Å². The van der Waals surface area contributed by atoms with Crippen molar-refractivity contribution in [2.24, 2.45) is 5.92 Å². The van der Waals surface area contributed by atoms with Gasteiger partial charge in [0, 0.05) is 56.9 Å². The van der Waals surface area contributed by atoms with Crippen LogP contribution in [0.4, 0.5) is 0 Å². The normalized spacial score (nSPS) is 16.5. The molecular formula is C17H30N4O. The van der Waals surface area contributed by atoms with Crippen LogP contribution >= 0.6 is 0 Å². The molecule has 0 aromatic carbocycles. The zero-order chi connectivity index (χ0) is 16.1. The minimum Gasteiger partial charge on any atom is -0.340 e. The number of piperazine rings is 1. The number of hydrogen-bond acceptors (Lipinski definition) is 3. The molecule has 0 unspecified atom stereocenters. The van der Waals surface area contributed by atoms with Crippen LogP contribution in [0.2, 0.25) is 0 Å². The molecule has 2 heterocycles. The summed E-state index contributed by atoms with van der Waals surface area (Å²) in [4.78, 5) is 16.9. The Bertz CT molecular complexity index is 485. The van der Waals surface area contributed by atoms with Gasteiger partial charge in [-0.15, -0.1) is 0 Å². The van der Waals surface area contributed by atoms with Gasteiger partial charge in [-0.25, -0.2) is 0 Å². The number of aryl methyl sites for hydroxylation is 2. The molecule has 1 fully saturated rings. The van der Waals surface area contributed by atoms with Crippen molar-refractivity contribution < 1.29 is 4.79 Å². The van der Waals surface area contributed by atoms with Crippen molar-refractivity contribution >= 4 is 5.91 Å². The quantitative estimate of drug-likeness (QED) is 0.810. The Labute approximate surface area is 134 Å². The summed E-state index contributed by atoms with van der Waals surface area (Å²) in [6, 6.07) is 0. The number of rotatable bonds is 6. The van der Waals surface area contributed by atoms with E-state index < -0.39 is 0 Å². The fraction of sp³-hybridized carbons (Fsp3) is 0.765. The second-order valence-electron chi connectivity index (χ2n) is 6.21. The predicted octanol–water partition coefficient (Wildman–Crippen LogP) is 2.29. The highest BCUT2D eigenvalue weighted by Crippen LogP contribution is 2.16. The van der Waals surface area contributed by atoms with E-state index in [1.165, 1.54) is 5.56 Å². The lowest BCUT2D eigenvalue weighted by atomic mass is 10.0. The Morgan fingerprint density at radius 2 is 1.82 bits per heavy atom. The first-order valence-electron chi connectivity index (χ1n) is 8.63. The van der Waals surface area contributed by atoms with Gasteiger partial charge in [0.05, 0.1) is 5.69 Å².